The Kier molecular flexibility index (Phi) is 7.02. The number of hydrogen-bond acceptors (Lipinski definition) is 3. The van der Waals surface area contributed by atoms with E-state index in [0.29, 0.717) is 5.92 Å². The van der Waals surface area contributed by atoms with Gasteiger partial charge in [-0.1, -0.05) is 32.6 Å². The quantitative estimate of drug-likeness (QED) is 0.475. The first kappa shape index (κ1) is 11.9. The first-order valence-electron chi connectivity index (χ1n) is 3.29. The highest BCUT2D eigenvalue weighted by Crippen LogP contribution is 2.12. The second kappa shape index (κ2) is 6.46. The number of thiol groups is 1. The minimum Gasteiger partial charge on any atom is -0.241 e. The van der Waals surface area contributed by atoms with Gasteiger partial charge < -0.3 is 0 Å². The molecule has 0 aliphatic heterocycles. The van der Waals surface area contributed by atoms with Crippen LogP contribution in [-0.2, 0) is 0 Å². The van der Waals surface area contributed by atoms with Crippen molar-refractivity contribution in [3.05, 3.63) is 0 Å². The van der Waals surface area contributed by atoms with Crippen molar-refractivity contribution in [2.75, 3.05) is 7.05 Å². The molecule has 0 aliphatic rings. The summed E-state index contributed by atoms with van der Waals surface area (Å²) < 4.78 is 1.85. The number of rotatable bonds is 2. The fourth-order valence-electron chi connectivity index (χ4n) is 0.774. The second-order valence-corrected chi connectivity index (χ2v) is 4.90. The summed E-state index contributed by atoms with van der Waals surface area (Å²) in [6.45, 7) is 4.29. The van der Waals surface area contributed by atoms with Gasteiger partial charge in [0.15, 0.2) is 0 Å². The number of hydrogen-bond donors (Lipinski definition) is 1. The molecule has 1 atom stereocenters. The van der Waals surface area contributed by atoms with Gasteiger partial charge in [-0.25, -0.2) is 4.31 Å². The van der Waals surface area contributed by atoms with Gasteiger partial charge in [0.25, 0.3) is 0 Å². The molecule has 4 heteroatoms. The first-order chi connectivity index (χ1) is 5.09. The van der Waals surface area contributed by atoms with Crippen LogP contribution in [0.1, 0.15) is 13.8 Å². The lowest BCUT2D eigenvalue weighted by Gasteiger charge is -2.20. The van der Waals surface area contributed by atoms with Crippen LogP contribution in [-0.4, -0.2) is 17.4 Å². The zero-order valence-electron chi connectivity index (χ0n) is 6.84. The molecule has 0 aromatic carbocycles. The Morgan fingerprint density at radius 1 is 1.55 bits per heavy atom. The van der Waals surface area contributed by atoms with E-state index in [1.165, 1.54) is 8.93 Å². The molecule has 1 nitrogen and oxygen atoms in total. The van der Waals surface area contributed by atoms with Gasteiger partial charge >= 0.3 is 0 Å². The second-order valence-electron chi connectivity index (χ2n) is 2.59. The fourth-order valence-corrected chi connectivity index (χ4v) is 1.65. The predicted octanol–water partition coefficient (Wildman–Crippen LogP) is 2.83. The maximum Gasteiger partial charge on any atom is 0.0836 e. The van der Waals surface area contributed by atoms with Crippen molar-refractivity contribution in [3.63, 3.8) is 0 Å². The molecular formula is C7H12INS2. The third-order valence-electron chi connectivity index (χ3n) is 1.28. The highest BCUT2D eigenvalue weighted by Gasteiger charge is 2.12. The normalized spacial score (nSPS) is 13.0. The van der Waals surface area contributed by atoms with Crippen molar-refractivity contribution < 1.29 is 0 Å². The SMILES string of the molecule is CC(C)C(C#CSI)N(C)S. The maximum absolute atomic E-state index is 4.22. The minimum absolute atomic E-state index is 0.251. The Morgan fingerprint density at radius 3 is 2.36 bits per heavy atom. The fraction of sp³-hybridized carbons (Fsp3) is 0.714. The number of halogens is 1. The van der Waals surface area contributed by atoms with Gasteiger partial charge in [0.1, 0.15) is 0 Å². The van der Waals surface area contributed by atoms with Crippen LogP contribution in [0.2, 0.25) is 0 Å². The molecule has 0 heterocycles. The molecular weight excluding hydrogens is 289 g/mol. The van der Waals surface area contributed by atoms with E-state index in [2.05, 4.69) is 59.0 Å². The van der Waals surface area contributed by atoms with Crippen LogP contribution in [0.15, 0.2) is 0 Å². The van der Waals surface area contributed by atoms with Crippen molar-refractivity contribution in [1.82, 2.24) is 4.31 Å². The molecule has 0 saturated carbocycles. The summed E-state index contributed by atoms with van der Waals surface area (Å²) in [5.74, 6) is 3.65. The van der Waals surface area contributed by atoms with Crippen LogP contribution in [0.4, 0.5) is 0 Å². The van der Waals surface area contributed by atoms with E-state index >= 15 is 0 Å². The lowest BCUT2D eigenvalue weighted by molar-refractivity contribution is 0.393. The van der Waals surface area contributed by atoms with Crippen molar-refractivity contribution in [3.8, 4) is 11.2 Å². The van der Waals surface area contributed by atoms with E-state index in [4.69, 9.17) is 0 Å². The zero-order valence-corrected chi connectivity index (χ0v) is 10.7. The van der Waals surface area contributed by atoms with Gasteiger partial charge in [0, 0.05) is 21.2 Å². The minimum atomic E-state index is 0.251. The summed E-state index contributed by atoms with van der Waals surface area (Å²) in [7, 11) is 3.44. The molecule has 0 spiro atoms. The topological polar surface area (TPSA) is 3.24 Å². The first-order valence-corrected chi connectivity index (χ1v) is 7.05. The monoisotopic (exact) mass is 301 g/mol. The van der Waals surface area contributed by atoms with E-state index in [1.54, 1.807) is 0 Å². The Balaban J connectivity index is 4.11. The highest BCUT2D eigenvalue weighted by atomic mass is 127. The van der Waals surface area contributed by atoms with E-state index in [-0.39, 0.29) is 6.04 Å². The molecule has 11 heavy (non-hydrogen) atoms. The Hall–Kier alpha value is 0.950. The molecule has 0 amide bonds. The molecule has 0 N–H and O–H groups in total. The van der Waals surface area contributed by atoms with Gasteiger partial charge in [-0.05, 0) is 27.2 Å². The van der Waals surface area contributed by atoms with Crippen LogP contribution < -0.4 is 0 Å². The lowest BCUT2D eigenvalue weighted by atomic mass is 10.1. The third-order valence-corrected chi connectivity index (χ3v) is 2.38. The van der Waals surface area contributed by atoms with Crippen LogP contribution in [0.5, 0.6) is 0 Å². The van der Waals surface area contributed by atoms with Crippen molar-refractivity contribution in [1.29, 1.82) is 0 Å². The summed E-state index contributed by atoms with van der Waals surface area (Å²) in [6.07, 6.45) is 0. The molecule has 0 rings (SSSR count). The lowest BCUT2D eigenvalue weighted by Crippen LogP contribution is -2.27. The molecule has 0 aromatic heterocycles. The highest BCUT2D eigenvalue weighted by molar-refractivity contribution is 14.2. The van der Waals surface area contributed by atoms with Gasteiger partial charge in [0.2, 0.25) is 0 Å². The zero-order chi connectivity index (χ0) is 8.85. The maximum atomic E-state index is 4.22. The Labute approximate surface area is 90.8 Å². The molecule has 0 aromatic rings. The third kappa shape index (κ3) is 5.23. The molecule has 1 unspecified atom stereocenters. The van der Waals surface area contributed by atoms with Crippen molar-refractivity contribution >= 4 is 43.0 Å². The van der Waals surface area contributed by atoms with E-state index < -0.39 is 0 Å². The van der Waals surface area contributed by atoms with Gasteiger partial charge in [-0.3, -0.25) is 0 Å². The summed E-state index contributed by atoms with van der Waals surface area (Å²) in [5.41, 5.74) is 0. The van der Waals surface area contributed by atoms with Gasteiger partial charge in [-0.2, -0.15) is 0 Å². The summed E-state index contributed by atoms with van der Waals surface area (Å²) in [6, 6.07) is 0.251. The van der Waals surface area contributed by atoms with E-state index in [0.717, 1.165) is 0 Å². The van der Waals surface area contributed by atoms with Crippen molar-refractivity contribution in [2.24, 2.45) is 5.92 Å². The molecule has 0 saturated heterocycles. The van der Waals surface area contributed by atoms with Crippen LogP contribution in [0.3, 0.4) is 0 Å². The molecule has 0 bridgehead atoms. The van der Waals surface area contributed by atoms with Crippen LogP contribution in [0.25, 0.3) is 0 Å². The number of nitrogens with zero attached hydrogens (tertiary/aromatic N) is 1. The van der Waals surface area contributed by atoms with Crippen molar-refractivity contribution in [2.45, 2.75) is 19.9 Å². The summed E-state index contributed by atoms with van der Waals surface area (Å²) >= 11 is 6.39. The van der Waals surface area contributed by atoms with Crippen LogP contribution in [0, 0.1) is 17.1 Å². The van der Waals surface area contributed by atoms with E-state index in [1.807, 2.05) is 11.4 Å². The average molecular weight is 301 g/mol. The predicted molar refractivity (Wildman–Crippen MR) is 64.8 cm³/mol. The Morgan fingerprint density at radius 2 is 2.09 bits per heavy atom. The van der Waals surface area contributed by atoms with Crippen LogP contribution >= 0.6 is 43.0 Å². The van der Waals surface area contributed by atoms with Gasteiger partial charge in [0.05, 0.1) is 6.04 Å². The van der Waals surface area contributed by atoms with Gasteiger partial charge in [-0.15, -0.1) is 0 Å². The van der Waals surface area contributed by atoms with E-state index in [9.17, 15) is 0 Å². The summed E-state index contributed by atoms with van der Waals surface area (Å²) in [5, 5.41) is 2.97. The molecule has 0 radical (unpaired) electrons. The smallest absolute Gasteiger partial charge is 0.0836 e. The standard InChI is InChI=1S/C7H12INS2/c1-6(2)7(9(3)10)4-5-11-8/h6-7,10H,1-3H3. The summed E-state index contributed by atoms with van der Waals surface area (Å²) in [4.78, 5) is 0. The average Bonchev–Trinajstić information content (AvgIpc) is 1.87. The molecule has 0 aliphatic carbocycles. The molecule has 64 valence electrons. The Bertz CT molecular complexity index is 152. The molecule has 0 fully saturated rings. The largest absolute Gasteiger partial charge is 0.241 e.